The van der Waals surface area contributed by atoms with Crippen LogP contribution in [0.1, 0.15) is 15.9 Å². The Bertz CT molecular complexity index is 1510. The number of aromatic nitrogens is 1. The second kappa shape index (κ2) is 9.03. The molecule has 0 spiro atoms. The Hall–Kier alpha value is -4.91. The minimum absolute atomic E-state index is 0.220. The maximum Gasteiger partial charge on any atom is 0.265 e. The van der Waals surface area contributed by atoms with Crippen LogP contribution in [-0.4, -0.2) is 22.9 Å². The first kappa shape index (κ1) is 21.6. The van der Waals surface area contributed by atoms with Crippen LogP contribution in [0.25, 0.3) is 22.6 Å². The van der Waals surface area contributed by atoms with E-state index in [1.165, 1.54) is 0 Å². The summed E-state index contributed by atoms with van der Waals surface area (Å²) in [6.07, 6.45) is -0.0312. The van der Waals surface area contributed by atoms with Gasteiger partial charge in [-0.25, -0.2) is 4.98 Å². The molecule has 7 heteroatoms. The summed E-state index contributed by atoms with van der Waals surface area (Å²) in [6.45, 7) is 0. The number of carbonyl (C=O) groups excluding carboxylic acids is 2. The van der Waals surface area contributed by atoms with Crippen molar-refractivity contribution in [3.05, 3.63) is 108 Å². The zero-order valence-electron chi connectivity index (χ0n) is 19.1. The summed E-state index contributed by atoms with van der Waals surface area (Å²) in [5, 5.41) is 5.74. The van der Waals surface area contributed by atoms with Gasteiger partial charge in [-0.15, -0.1) is 0 Å². The van der Waals surface area contributed by atoms with Gasteiger partial charge in [0.05, 0.1) is 0 Å². The van der Waals surface area contributed by atoms with Gasteiger partial charge in [0.25, 0.3) is 11.8 Å². The molecule has 1 aliphatic heterocycles. The fourth-order valence-corrected chi connectivity index (χ4v) is 4.15. The number of para-hydroxylation sites is 3. The Labute approximate surface area is 206 Å². The number of oxazole rings is 1. The highest BCUT2D eigenvalue weighted by atomic mass is 16.5. The van der Waals surface area contributed by atoms with Crippen molar-refractivity contribution in [2.45, 2.75) is 12.5 Å². The molecule has 176 valence electrons. The lowest BCUT2D eigenvalue weighted by molar-refractivity contribution is -0.122. The number of nitrogens with one attached hydrogen (secondary N) is 2. The lowest BCUT2D eigenvalue weighted by Crippen LogP contribution is -2.31. The van der Waals surface area contributed by atoms with Gasteiger partial charge in [-0.2, -0.15) is 0 Å². The lowest BCUT2D eigenvalue weighted by Gasteiger charge is -2.12. The van der Waals surface area contributed by atoms with Crippen molar-refractivity contribution in [1.29, 1.82) is 0 Å². The van der Waals surface area contributed by atoms with E-state index in [-0.39, 0.29) is 11.8 Å². The highest BCUT2D eigenvalue weighted by molar-refractivity contribution is 6.05. The first-order valence-corrected chi connectivity index (χ1v) is 11.6. The van der Waals surface area contributed by atoms with Gasteiger partial charge in [0, 0.05) is 28.9 Å². The fourth-order valence-electron chi connectivity index (χ4n) is 4.15. The van der Waals surface area contributed by atoms with Gasteiger partial charge >= 0.3 is 0 Å². The van der Waals surface area contributed by atoms with Gasteiger partial charge in [0.15, 0.2) is 11.7 Å². The van der Waals surface area contributed by atoms with Gasteiger partial charge in [0.2, 0.25) is 5.89 Å². The predicted octanol–water partition coefficient (Wildman–Crippen LogP) is 5.69. The van der Waals surface area contributed by atoms with Gasteiger partial charge in [0.1, 0.15) is 11.3 Å². The average Bonchev–Trinajstić information content (AvgIpc) is 3.54. The van der Waals surface area contributed by atoms with Crippen LogP contribution in [0.15, 0.2) is 101 Å². The van der Waals surface area contributed by atoms with Crippen LogP contribution in [0, 0.1) is 0 Å². The van der Waals surface area contributed by atoms with Crippen LogP contribution < -0.4 is 15.4 Å². The third-order valence-electron chi connectivity index (χ3n) is 6.04. The molecular formula is C29H21N3O4. The topological polar surface area (TPSA) is 93.5 Å². The standard InChI is InChI=1S/C29H21N3O4/c33-27(30-21-15-11-19(12-16-21)29-32-23-6-2-4-8-25(23)36-29)18-9-13-22(14-10-18)31-28(34)26-17-20-5-1-3-7-24(20)35-26/h1-16,26H,17H2,(H,30,33)(H,31,34). The molecule has 2 heterocycles. The van der Waals surface area contributed by atoms with E-state index in [9.17, 15) is 9.59 Å². The Morgan fingerprint density at radius 1 is 0.778 bits per heavy atom. The maximum absolute atomic E-state index is 12.7. The van der Waals surface area contributed by atoms with E-state index in [0.717, 1.165) is 28.0 Å². The Morgan fingerprint density at radius 3 is 2.25 bits per heavy atom. The number of benzene rings is 4. The molecule has 0 radical (unpaired) electrons. The summed E-state index contributed by atoms with van der Waals surface area (Å²) in [7, 11) is 0. The second-order valence-electron chi connectivity index (χ2n) is 8.50. The normalized spacial score (nSPS) is 14.2. The number of anilines is 2. The Balaban J connectivity index is 1.07. The molecule has 36 heavy (non-hydrogen) atoms. The van der Waals surface area contributed by atoms with Crippen molar-refractivity contribution in [3.8, 4) is 17.2 Å². The molecule has 2 N–H and O–H groups in total. The number of ether oxygens (including phenoxy) is 1. The smallest absolute Gasteiger partial charge is 0.265 e. The quantitative estimate of drug-likeness (QED) is 0.341. The van der Waals surface area contributed by atoms with Gasteiger partial charge in [-0.1, -0.05) is 30.3 Å². The van der Waals surface area contributed by atoms with Crippen LogP contribution in [0.2, 0.25) is 0 Å². The van der Waals surface area contributed by atoms with Crippen LogP contribution in [0.3, 0.4) is 0 Å². The van der Waals surface area contributed by atoms with E-state index in [1.807, 2.05) is 60.7 Å². The predicted molar refractivity (Wildman–Crippen MR) is 137 cm³/mol. The Kier molecular flexibility index (Phi) is 5.42. The number of nitrogens with zero attached hydrogens (tertiary/aromatic N) is 1. The molecule has 0 saturated carbocycles. The summed E-state index contributed by atoms with van der Waals surface area (Å²) < 4.78 is 11.5. The minimum atomic E-state index is -0.567. The number of rotatable bonds is 5. The lowest BCUT2D eigenvalue weighted by atomic mass is 10.1. The van der Waals surface area contributed by atoms with Crippen molar-refractivity contribution in [2.75, 3.05) is 10.6 Å². The van der Waals surface area contributed by atoms with E-state index in [2.05, 4.69) is 15.6 Å². The molecule has 0 bridgehead atoms. The van der Waals surface area contributed by atoms with Crippen LogP contribution in [0.4, 0.5) is 11.4 Å². The molecule has 1 aromatic heterocycles. The molecule has 1 atom stereocenters. The fraction of sp³-hybridized carbons (Fsp3) is 0.0690. The first-order valence-electron chi connectivity index (χ1n) is 11.6. The molecule has 0 fully saturated rings. The third-order valence-corrected chi connectivity index (χ3v) is 6.04. The highest BCUT2D eigenvalue weighted by Gasteiger charge is 2.28. The molecule has 4 aromatic carbocycles. The van der Waals surface area contributed by atoms with Crippen LogP contribution in [-0.2, 0) is 11.2 Å². The average molecular weight is 476 g/mol. The van der Waals surface area contributed by atoms with Crippen molar-refractivity contribution >= 4 is 34.3 Å². The third kappa shape index (κ3) is 4.30. The highest BCUT2D eigenvalue weighted by Crippen LogP contribution is 2.29. The molecule has 7 nitrogen and oxygen atoms in total. The molecular weight excluding hydrogens is 454 g/mol. The van der Waals surface area contributed by atoms with Gasteiger partial charge < -0.3 is 19.8 Å². The van der Waals surface area contributed by atoms with E-state index in [4.69, 9.17) is 9.15 Å². The number of hydrogen-bond acceptors (Lipinski definition) is 5. The van der Waals surface area contributed by atoms with Crippen LogP contribution >= 0.6 is 0 Å². The molecule has 2 amide bonds. The van der Waals surface area contributed by atoms with Gasteiger partial charge in [-0.3, -0.25) is 9.59 Å². The summed E-state index contributed by atoms with van der Waals surface area (Å²) >= 11 is 0. The number of hydrogen-bond donors (Lipinski definition) is 2. The molecule has 5 aromatic rings. The van der Waals surface area contributed by atoms with E-state index in [1.54, 1.807) is 36.4 Å². The monoisotopic (exact) mass is 475 g/mol. The summed E-state index contributed by atoms with van der Waals surface area (Å²) in [5.41, 5.74) is 5.08. The molecule has 0 saturated heterocycles. The number of carbonyl (C=O) groups is 2. The first-order chi connectivity index (χ1) is 17.6. The van der Waals surface area contributed by atoms with Gasteiger partial charge in [-0.05, 0) is 72.3 Å². The zero-order chi connectivity index (χ0) is 24.5. The summed E-state index contributed by atoms with van der Waals surface area (Å²) in [4.78, 5) is 29.8. The number of amides is 2. The van der Waals surface area contributed by atoms with Crippen molar-refractivity contribution in [2.24, 2.45) is 0 Å². The molecule has 1 aliphatic rings. The van der Waals surface area contributed by atoms with Crippen molar-refractivity contribution < 1.29 is 18.7 Å². The maximum atomic E-state index is 12.7. The second-order valence-corrected chi connectivity index (χ2v) is 8.50. The van der Waals surface area contributed by atoms with Crippen molar-refractivity contribution in [1.82, 2.24) is 4.98 Å². The number of fused-ring (bicyclic) bond motifs is 2. The van der Waals surface area contributed by atoms with Crippen molar-refractivity contribution in [3.63, 3.8) is 0 Å². The Morgan fingerprint density at radius 2 is 1.47 bits per heavy atom. The minimum Gasteiger partial charge on any atom is -0.480 e. The molecule has 1 unspecified atom stereocenters. The largest absolute Gasteiger partial charge is 0.480 e. The SMILES string of the molecule is O=C(Nc1ccc(-c2nc3ccccc3o2)cc1)c1ccc(NC(=O)C2Cc3ccccc3O2)cc1. The van der Waals surface area contributed by atoms with Crippen LogP contribution in [0.5, 0.6) is 5.75 Å². The molecule has 0 aliphatic carbocycles. The zero-order valence-corrected chi connectivity index (χ0v) is 19.1. The van der Waals surface area contributed by atoms with E-state index < -0.39 is 6.10 Å². The van der Waals surface area contributed by atoms with E-state index in [0.29, 0.717) is 29.2 Å². The molecule has 6 rings (SSSR count). The van der Waals surface area contributed by atoms with E-state index >= 15 is 0 Å². The summed E-state index contributed by atoms with van der Waals surface area (Å²) in [6, 6.07) is 29.3. The summed E-state index contributed by atoms with van der Waals surface area (Å²) in [5.74, 6) is 0.796.